The summed E-state index contributed by atoms with van der Waals surface area (Å²) in [5.74, 6) is -12.0. The molecular weight excluding hydrogens is 437 g/mol. The molecule has 6 nitrogen and oxygen atoms in total. The van der Waals surface area contributed by atoms with Crippen LogP contribution in [0.25, 0.3) is 21.8 Å². The van der Waals surface area contributed by atoms with Crippen LogP contribution in [0.3, 0.4) is 0 Å². The number of rotatable bonds is 2. The smallest absolute Gasteiger partial charge is 0.280 e. The molecule has 30 heavy (non-hydrogen) atoms. The Balaban J connectivity index is 2.01. The first kappa shape index (κ1) is 19.8. The molecule has 0 saturated carbocycles. The Kier molecular flexibility index (Phi) is 4.49. The Labute approximate surface area is 166 Å². The molecule has 2 aromatic heterocycles. The van der Waals surface area contributed by atoms with Crippen molar-refractivity contribution in [3.8, 4) is 5.88 Å². The van der Waals surface area contributed by atoms with Crippen LogP contribution in [-0.2, 0) is 6.54 Å². The quantitative estimate of drug-likeness (QED) is 0.215. The lowest BCUT2D eigenvalue weighted by molar-refractivity contribution is 0.364. The van der Waals surface area contributed by atoms with Gasteiger partial charge in [-0.1, -0.05) is 11.6 Å². The van der Waals surface area contributed by atoms with Gasteiger partial charge in [-0.3, -0.25) is 9.59 Å². The number of hydrogen-bond donors (Lipinski definition) is 2. The fraction of sp³-hybridized carbons (Fsp3) is 0.0556. The summed E-state index contributed by atoms with van der Waals surface area (Å²) >= 11 is 5.85. The van der Waals surface area contributed by atoms with Crippen LogP contribution in [-0.4, -0.2) is 19.9 Å². The predicted octanol–water partition coefficient (Wildman–Crippen LogP) is 3.34. The van der Waals surface area contributed by atoms with Crippen LogP contribution >= 0.6 is 11.6 Å². The number of pyridine rings is 1. The van der Waals surface area contributed by atoms with Crippen molar-refractivity contribution in [1.82, 2.24) is 14.8 Å². The number of hydrogen-bond acceptors (Lipinski definition) is 4. The van der Waals surface area contributed by atoms with Crippen molar-refractivity contribution in [3.63, 3.8) is 0 Å². The minimum absolute atomic E-state index is 0.0115. The first-order valence-electron chi connectivity index (χ1n) is 8.07. The number of aromatic hydroxyl groups is 1. The number of halogens is 6. The van der Waals surface area contributed by atoms with E-state index in [9.17, 15) is 36.6 Å². The lowest BCUT2D eigenvalue weighted by atomic mass is 10.1. The van der Waals surface area contributed by atoms with Crippen molar-refractivity contribution in [2.45, 2.75) is 6.54 Å². The van der Waals surface area contributed by atoms with Gasteiger partial charge in [0, 0.05) is 10.4 Å². The third kappa shape index (κ3) is 2.81. The van der Waals surface area contributed by atoms with Crippen LogP contribution in [0.1, 0.15) is 5.56 Å². The van der Waals surface area contributed by atoms with E-state index in [4.69, 9.17) is 11.6 Å². The number of nitrogens with one attached hydrogen (secondary N) is 1. The predicted molar refractivity (Wildman–Crippen MR) is 96.1 cm³/mol. The number of aromatic nitrogens is 3. The summed E-state index contributed by atoms with van der Waals surface area (Å²) in [7, 11) is 0. The molecule has 0 aliphatic rings. The highest BCUT2D eigenvalue weighted by Gasteiger charge is 2.27. The Hall–Kier alpha value is -3.47. The van der Waals surface area contributed by atoms with Crippen LogP contribution in [0.4, 0.5) is 22.0 Å². The van der Waals surface area contributed by atoms with Gasteiger partial charge in [0.2, 0.25) is 11.2 Å². The highest BCUT2D eigenvalue weighted by Crippen LogP contribution is 2.25. The van der Waals surface area contributed by atoms with Crippen molar-refractivity contribution < 1.29 is 27.1 Å². The normalized spacial score (nSPS) is 11.5. The number of benzene rings is 2. The van der Waals surface area contributed by atoms with Crippen LogP contribution in [0.5, 0.6) is 5.88 Å². The lowest BCUT2D eigenvalue weighted by Crippen LogP contribution is -2.29. The summed E-state index contributed by atoms with van der Waals surface area (Å²) in [6.45, 7) is -1.23. The Morgan fingerprint density at radius 2 is 1.60 bits per heavy atom. The fourth-order valence-electron chi connectivity index (χ4n) is 3.02. The average molecular weight is 444 g/mol. The molecule has 12 heteroatoms. The van der Waals surface area contributed by atoms with Gasteiger partial charge in [0.25, 0.3) is 11.4 Å². The highest BCUT2D eigenvalue weighted by molar-refractivity contribution is 6.31. The van der Waals surface area contributed by atoms with E-state index in [1.807, 2.05) is 0 Å². The van der Waals surface area contributed by atoms with E-state index in [1.165, 1.54) is 18.2 Å². The van der Waals surface area contributed by atoms with Crippen molar-refractivity contribution in [2.24, 2.45) is 0 Å². The van der Waals surface area contributed by atoms with Gasteiger partial charge in [0.05, 0.1) is 17.6 Å². The maximum atomic E-state index is 14.0. The summed E-state index contributed by atoms with van der Waals surface area (Å²) in [6, 6.07) is 4.04. The molecule has 2 heterocycles. The lowest BCUT2D eigenvalue weighted by Gasteiger charge is -2.11. The summed E-state index contributed by atoms with van der Waals surface area (Å²) < 4.78 is 68.2. The standard InChI is InChI=1S/C18H7ClF5N3O3/c19-5-1-2-6-8(3-5)25-15-9(16(6)28)18(30)27(26-17(15)29)4-7-10(20)12(22)14(24)13(23)11(7)21/h1-3H,4H2,(H,25,28)(H,26,29). The molecule has 0 aliphatic carbocycles. The van der Waals surface area contributed by atoms with E-state index in [0.717, 1.165) is 0 Å². The van der Waals surface area contributed by atoms with Crippen LogP contribution in [0, 0.1) is 29.1 Å². The second-order valence-corrected chi connectivity index (χ2v) is 6.67. The summed E-state index contributed by atoms with van der Waals surface area (Å²) in [4.78, 5) is 28.1. The minimum atomic E-state index is -2.36. The van der Waals surface area contributed by atoms with E-state index in [2.05, 4.69) is 10.1 Å². The zero-order valence-corrected chi connectivity index (χ0v) is 15.1. The molecule has 0 fully saturated rings. The first-order valence-corrected chi connectivity index (χ1v) is 8.45. The number of nitrogens with zero attached hydrogens (tertiary/aromatic N) is 2. The van der Waals surface area contributed by atoms with Gasteiger partial charge in [-0.05, 0) is 18.2 Å². The molecular formula is C18H7ClF5N3O3. The van der Waals surface area contributed by atoms with Crippen molar-refractivity contribution in [3.05, 3.63) is 78.4 Å². The molecule has 0 atom stereocenters. The highest BCUT2D eigenvalue weighted by atomic mass is 35.5. The van der Waals surface area contributed by atoms with Gasteiger partial charge in [0.1, 0.15) is 10.9 Å². The van der Waals surface area contributed by atoms with Gasteiger partial charge >= 0.3 is 0 Å². The Morgan fingerprint density at radius 3 is 2.23 bits per heavy atom. The van der Waals surface area contributed by atoms with Crippen LogP contribution < -0.4 is 11.0 Å². The zero-order valence-electron chi connectivity index (χ0n) is 14.4. The van der Waals surface area contributed by atoms with Gasteiger partial charge in [-0.2, -0.15) is 0 Å². The Morgan fingerprint density at radius 1 is 1.00 bits per heavy atom. The van der Waals surface area contributed by atoms with E-state index < -0.39 is 63.4 Å². The van der Waals surface area contributed by atoms with Gasteiger partial charge in [0.15, 0.2) is 23.3 Å². The second-order valence-electron chi connectivity index (χ2n) is 6.23. The molecule has 0 bridgehead atoms. The zero-order chi connectivity index (χ0) is 21.9. The molecule has 0 saturated heterocycles. The van der Waals surface area contributed by atoms with Gasteiger partial charge in [-0.15, -0.1) is 5.10 Å². The van der Waals surface area contributed by atoms with E-state index in [1.54, 1.807) is 0 Å². The molecule has 4 aromatic rings. The van der Waals surface area contributed by atoms with E-state index in [-0.39, 0.29) is 26.1 Å². The van der Waals surface area contributed by atoms with Crippen molar-refractivity contribution >= 4 is 33.4 Å². The average Bonchev–Trinajstić information content (AvgIpc) is 2.71. The largest absolute Gasteiger partial charge is 0.491 e. The summed E-state index contributed by atoms with van der Waals surface area (Å²) in [5.41, 5.74) is -3.64. The molecule has 0 amide bonds. The topological polar surface area (TPSA) is 88.0 Å². The van der Waals surface area contributed by atoms with Gasteiger partial charge < -0.3 is 10.1 Å². The van der Waals surface area contributed by atoms with Gasteiger partial charge in [-0.25, -0.2) is 26.6 Å². The molecule has 4 rings (SSSR count). The molecule has 0 radical (unpaired) electrons. The van der Waals surface area contributed by atoms with Crippen LogP contribution in [0.15, 0.2) is 27.8 Å². The fourth-order valence-corrected chi connectivity index (χ4v) is 3.19. The van der Waals surface area contributed by atoms with Crippen molar-refractivity contribution in [1.29, 1.82) is 0 Å². The number of fused-ring (bicyclic) bond motifs is 2. The van der Waals surface area contributed by atoms with Crippen LogP contribution in [0.2, 0.25) is 5.02 Å². The third-order valence-electron chi connectivity index (χ3n) is 4.46. The molecule has 0 aliphatic heterocycles. The number of H-pyrrole nitrogens is 1. The summed E-state index contributed by atoms with van der Waals surface area (Å²) in [6.07, 6.45) is 0. The van der Waals surface area contributed by atoms with E-state index in [0.29, 0.717) is 0 Å². The Bertz CT molecular complexity index is 1470. The molecule has 0 unspecified atom stereocenters. The monoisotopic (exact) mass is 443 g/mol. The summed E-state index contributed by atoms with van der Waals surface area (Å²) in [5, 5.41) is 13.2. The first-order chi connectivity index (χ1) is 14.1. The number of aromatic amines is 1. The SMILES string of the molecule is O=c1c2ccc(Cl)cc2[nH]c2c(O)nn(Cc3c(F)c(F)c(F)c(F)c3F)c(=O)c12. The minimum Gasteiger partial charge on any atom is -0.491 e. The molecule has 0 spiro atoms. The maximum Gasteiger partial charge on any atom is 0.280 e. The maximum absolute atomic E-state index is 14.0. The molecule has 154 valence electrons. The second kappa shape index (κ2) is 6.80. The third-order valence-corrected chi connectivity index (χ3v) is 4.69. The molecule has 2 aromatic carbocycles. The van der Waals surface area contributed by atoms with E-state index >= 15 is 0 Å². The van der Waals surface area contributed by atoms with Crippen molar-refractivity contribution in [2.75, 3.05) is 0 Å². The molecule has 2 N–H and O–H groups in total.